The quantitative estimate of drug-likeness (QED) is 0.794. The predicted octanol–water partition coefficient (Wildman–Crippen LogP) is 0.531. The number of carbonyl (C=O) groups excluding carboxylic acids is 2. The normalized spacial score (nSPS) is 20.0. The van der Waals surface area contributed by atoms with Crippen LogP contribution in [0.3, 0.4) is 0 Å². The standard InChI is InChI=1S/C10H12ClN3O4S2/c1-5-7(19-9(11)12-5)20(17,18)14-4-6(15)13-8(16)10(14,2)3/h4H2,1-3H3,(H,13,15,16). The van der Waals surface area contributed by atoms with Crippen LogP contribution in [0.25, 0.3) is 0 Å². The highest BCUT2D eigenvalue weighted by atomic mass is 35.5. The number of rotatable bonds is 2. The number of thiazole rings is 1. The first-order valence-corrected chi connectivity index (χ1v) is 8.20. The highest BCUT2D eigenvalue weighted by Gasteiger charge is 2.48. The lowest BCUT2D eigenvalue weighted by Gasteiger charge is -2.38. The smallest absolute Gasteiger partial charge is 0.255 e. The number of hydrogen-bond acceptors (Lipinski definition) is 6. The second-order valence-electron chi connectivity index (χ2n) is 4.79. The number of nitrogens with zero attached hydrogens (tertiary/aromatic N) is 2. The van der Waals surface area contributed by atoms with Crippen LogP contribution in [0.5, 0.6) is 0 Å². The fourth-order valence-electron chi connectivity index (χ4n) is 1.84. The molecule has 0 radical (unpaired) electrons. The molecular weight excluding hydrogens is 326 g/mol. The molecule has 0 saturated carbocycles. The zero-order chi connectivity index (χ0) is 15.3. The minimum Gasteiger partial charge on any atom is -0.294 e. The molecule has 1 aliphatic rings. The molecule has 0 bridgehead atoms. The zero-order valence-electron chi connectivity index (χ0n) is 10.9. The van der Waals surface area contributed by atoms with E-state index in [2.05, 4.69) is 10.3 Å². The molecule has 1 saturated heterocycles. The van der Waals surface area contributed by atoms with Gasteiger partial charge in [0.2, 0.25) is 11.8 Å². The number of hydrogen-bond donors (Lipinski definition) is 1. The van der Waals surface area contributed by atoms with Gasteiger partial charge in [0.05, 0.1) is 12.2 Å². The Morgan fingerprint density at radius 1 is 1.40 bits per heavy atom. The van der Waals surface area contributed by atoms with Gasteiger partial charge < -0.3 is 0 Å². The van der Waals surface area contributed by atoms with Crippen LogP contribution in [-0.2, 0) is 19.6 Å². The van der Waals surface area contributed by atoms with E-state index in [0.717, 1.165) is 15.6 Å². The number of sulfonamides is 1. The molecule has 2 rings (SSSR count). The van der Waals surface area contributed by atoms with E-state index in [0.29, 0.717) is 0 Å². The van der Waals surface area contributed by atoms with Crippen molar-refractivity contribution in [2.24, 2.45) is 0 Å². The average Bonchev–Trinajstić information content (AvgIpc) is 2.64. The van der Waals surface area contributed by atoms with E-state index in [1.165, 1.54) is 20.8 Å². The summed E-state index contributed by atoms with van der Waals surface area (Å²) < 4.78 is 26.2. The van der Waals surface area contributed by atoms with Crippen LogP contribution in [-0.4, -0.2) is 41.6 Å². The zero-order valence-corrected chi connectivity index (χ0v) is 13.3. The van der Waals surface area contributed by atoms with Crippen LogP contribution in [0.1, 0.15) is 19.5 Å². The van der Waals surface area contributed by atoms with Crippen LogP contribution in [0.15, 0.2) is 4.21 Å². The van der Waals surface area contributed by atoms with Crippen molar-refractivity contribution in [3.63, 3.8) is 0 Å². The van der Waals surface area contributed by atoms with Crippen molar-refractivity contribution in [3.05, 3.63) is 10.2 Å². The average molecular weight is 338 g/mol. The molecule has 7 nitrogen and oxygen atoms in total. The van der Waals surface area contributed by atoms with Crippen molar-refractivity contribution in [1.82, 2.24) is 14.6 Å². The summed E-state index contributed by atoms with van der Waals surface area (Å²) in [6, 6.07) is 0. The van der Waals surface area contributed by atoms with Gasteiger partial charge in [-0.15, -0.1) is 0 Å². The van der Waals surface area contributed by atoms with Crippen LogP contribution >= 0.6 is 22.9 Å². The number of amides is 2. The van der Waals surface area contributed by atoms with Gasteiger partial charge in [-0.05, 0) is 20.8 Å². The van der Waals surface area contributed by atoms with Crippen molar-refractivity contribution in [1.29, 1.82) is 0 Å². The summed E-state index contributed by atoms with van der Waals surface area (Å²) in [7, 11) is -4.02. The van der Waals surface area contributed by atoms with Gasteiger partial charge in [-0.2, -0.15) is 4.31 Å². The van der Waals surface area contributed by atoms with Crippen molar-refractivity contribution in [2.75, 3.05) is 6.54 Å². The second kappa shape index (κ2) is 4.76. The lowest BCUT2D eigenvalue weighted by molar-refractivity contribution is -0.141. The maximum atomic E-state index is 12.6. The minimum atomic E-state index is -4.02. The second-order valence-corrected chi connectivity index (χ2v) is 8.43. The number of nitrogens with one attached hydrogen (secondary N) is 1. The van der Waals surface area contributed by atoms with Crippen molar-refractivity contribution < 1.29 is 18.0 Å². The molecule has 2 heterocycles. The molecule has 0 aromatic carbocycles. The number of imide groups is 1. The van der Waals surface area contributed by atoms with Gasteiger partial charge >= 0.3 is 0 Å². The van der Waals surface area contributed by atoms with E-state index >= 15 is 0 Å². The largest absolute Gasteiger partial charge is 0.294 e. The number of halogens is 1. The maximum absolute atomic E-state index is 12.6. The highest BCUT2D eigenvalue weighted by molar-refractivity contribution is 7.91. The first kappa shape index (κ1) is 15.4. The molecule has 1 N–H and O–H groups in total. The van der Waals surface area contributed by atoms with Gasteiger partial charge in [0.15, 0.2) is 8.68 Å². The Morgan fingerprint density at radius 3 is 2.50 bits per heavy atom. The van der Waals surface area contributed by atoms with E-state index in [9.17, 15) is 18.0 Å². The minimum absolute atomic E-state index is 0.0573. The van der Waals surface area contributed by atoms with Crippen LogP contribution in [0.4, 0.5) is 0 Å². The first-order chi connectivity index (χ1) is 9.06. The number of carbonyl (C=O) groups is 2. The van der Waals surface area contributed by atoms with Crippen molar-refractivity contribution in [3.8, 4) is 0 Å². The lowest BCUT2D eigenvalue weighted by Crippen LogP contribution is -2.65. The van der Waals surface area contributed by atoms with Crippen LogP contribution < -0.4 is 5.32 Å². The summed E-state index contributed by atoms with van der Waals surface area (Å²) in [4.78, 5) is 27.1. The van der Waals surface area contributed by atoms with Crippen LogP contribution in [0.2, 0.25) is 4.47 Å². The van der Waals surface area contributed by atoms with E-state index in [4.69, 9.17) is 11.6 Å². The summed E-state index contributed by atoms with van der Waals surface area (Å²) in [5.41, 5.74) is -1.12. The monoisotopic (exact) mass is 337 g/mol. The predicted molar refractivity (Wildman–Crippen MR) is 73.0 cm³/mol. The topological polar surface area (TPSA) is 96.4 Å². The molecule has 0 spiro atoms. The Balaban J connectivity index is 2.55. The van der Waals surface area contributed by atoms with Gasteiger partial charge in [0, 0.05) is 0 Å². The molecule has 1 fully saturated rings. The highest BCUT2D eigenvalue weighted by Crippen LogP contribution is 2.33. The van der Waals surface area contributed by atoms with E-state index in [-0.39, 0.29) is 14.4 Å². The van der Waals surface area contributed by atoms with Gasteiger partial charge in [-0.25, -0.2) is 13.4 Å². The Morgan fingerprint density at radius 2 is 2.00 bits per heavy atom. The van der Waals surface area contributed by atoms with Gasteiger partial charge in [-0.1, -0.05) is 22.9 Å². The summed E-state index contributed by atoms with van der Waals surface area (Å²) in [5, 5.41) is 2.12. The van der Waals surface area contributed by atoms with Crippen molar-refractivity contribution >= 4 is 44.8 Å². The van der Waals surface area contributed by atoms with E-state index in [1.807, 2.05) is 0 Å². The van der Waals surface area contributed by atoms with Gasteiger partial charge in [-0.3, -0.25) is 14.9 Å². The fraction of sp³-hybridized carbons (Fsp3) is 0.500. The summed E-state index contributed by atoms with van der Waals surface area (Å²) in [5.74, 6) is -1.32. The van der Waals surface area contributed by atoms with E-state index < -0.39 is 33.9 Å². The maximum Gasteiger partial charge on any atom is 0.255 e. The Labute approximate surface area is 125 Å². The summed E-state index contributed by atoms with van der Waals surface area (Å²) >= 11 is 6.52. The third kappa shape index (κ3) is 2.34. The third-order valence-electron chi connectivity index (χ3n) is 2.97. The molecule has 1 aromatic rings. The van der Waals surface area contributed by atoms with Gasteiger partial charge in [0.1, 0.15) is 5.54 Å². The molecule has 0 atom stereocenters. The first-order valence-electron chi connectivity index (χ1n) is 5.57. The SMILES string of the molecule is Cc1nc(Cl)sc1S(=O)(=O)N1CC(=O)NC(=O)C1(C)C. The molecule has 1 aliphatic heterocycles. The number of piperazine rings is 1. The fourth-order valence-corrected chi connectivity index (χ4v) is 5.38. The molecule has 10 heteroatoms. The molecule has 2 amide bonds. The lowest BCUT2D eigenvalue weighted by atomic mass is 10.0. The van der Waals surface area contributed by atoms with Crippen molar-refractivity contribution in [2.45, 2.75) is 30.5 Å². The Bertz CT molecular complexity index is 695. The molecular formula is C10H12ClN3O4S2. The number of aryl methyl sites for hydroxylation is 1. The van der Waals surface area contributed by atoms with E-state index in [1.54, 1.807) is 0 Å². The molecule has 1 aromatic heterocycles. The van der Waals surface area contributed by atoms with Gasteiger partial charge in [0.25, 0.3) is 10.0 Å². The summed E-state index contributed by atoms with van der Waals surface area (Å²) in [6.45, 7) is 3.96. The number of aromatic nitrogens is 1. The third-order valence-corrected chi connectivity index (χ3v) is 6.84. The molecule has 0 unspecified atom stereocenters. The van der Waals surface area contributed by atoms with Crippen LogP contribution in [0, 0.1) is 6.92 Å². The summed E-state index contributed by atoms with van der Waals surface area (Å²) in [6.07, 6.45) is 0. The molecule has 20 heavy (non-hydrogen) atoms. The molecule has 110 valence electrons. The molecule has 0 aliphatic carbocycles. The Hall–Kier alpha value is -1.03. The Kier molecular flexibility index (Phi) is 3.66.